The van der Waals surface area contributed by atoms with Gasteiger partial charge in [-0.1, -0.05) is 6.07 Å². The first-order chi connectivity index (χ1) is 10.6. The highest BCUT2D eigenvalue weighted by atomic mass is 32.1. The van der Waals surface area contributed by atoms with Crippen LogP contribution in [0.5, 0.6) is 11.5 Å². The fourth-order valence-electron chi connectivity index (χ4n) is 1.99. The van der Waals surface area contributed by atoms with Gasteiger partial charge in [0.15, 0.2) is 0 Å². The number of carbonyl (C=O) groups excluding carboxylic acids is 1. The van der Waals surface area contributed by atoms with E-state index in [9.17, 15) is 9.90 Å². The Labute approximate surface area is 133 Å². The number of aliphatic hydroxyl groups excluding tert-OH is 1. The first kappa shape index (κ1) is 16.3. The van der Waals surface area contributed by atoms with Crippen molar-refractivity contribution < 1.29 is 19.4 Å². The summed E-state index contributed by atoms with van der Waals surface area (Å²) in [6.07, 6.45) is -0.0898. The third kappa shape index (κ3) is 4.22. The first-order valence-corrected chi connectivity index (χ1v) is 7.74. The van der Waals surface area contributed by atoms with Crippen molar-refractivity contribution >= 4 is 17.2 Å². The molecule has 1 atom stereocenters. The molecule has 1 heterocycles. The Morgan fingerprint density at radius 3 is 2.50 bits per heavy atom. The summed E-state index contributed by atoms with van der Waals surface area (Å²) in [5, 5.41) is 14.7. The molecule has 5 nitrogen and oxygen atoms in total. The average Bonchev–Trinajstić information content (AvgIpc) is 3.08. The summed E-state index contributed by atoms with van der Waals surface area (Å²) in [5.41, 5.74) is 0.460. The largest absolute Gasteiger partial charge is 0.497 e. The van der Waals surface area contributed by atoms with Gasteiger partial charge in [-0.2, -0.15) is 0 Å². The van der Waals surface area contributed by atoms with Gasteiger partial charge < -0.3 is 19.9 Å². The zero-order valence-corrected chi connectivity index (χ0v) is 13.4. The summed E-state index contributed by atoms with van der Waals surface area (Å²) in [6.45, 7) is 0.386. The van der Waals surface area contributed by atoms with Crippen LogP contribution in [0.4, 0.5) is 0 Å². The molecule has 1 unspecified atom stereocenters. The minimum atomic E-state index is -0.555. The lowest BCUT2D eigenvalue weighted by atomic mass is 10.1. The van der Waals surface area contributed by atoms with Crippen LogP contribution >= 0.6 is 11.3 Å². The summed E-state index contributed by atoms with van der Waals surface area (Å²) < 4.78 is 10.3. The fraction of sp³-hybridized carbons (Fsp3) is 0.312. The number of nitrogens with one attached hydrogen (secondary N) is 1. The highest BCUT2D eigenvalue weighted by Gasteiger charge is 2.12. The lowest BCUT2D eigenvalue weighted by Crippen LogP contribution is -2.25. The van der Waals surface area contributed by atoms with E-state index in [-0.39, 0.29) is 5.91 Å². The third-order valence-electron chi connectivity index (χ3n) is 3.19. The van der Waals surface area contributed by atoms with Crippen molar-refractivity contribution in [3.8, 4) is 11.5 Å². The number of amides is 1. The SMILES string of the molecule is COc1cc(OC)cc(C(=O)NCCC(O)c2cccs2)c1. The second-order valence-electron chi connectivity index (χ2n) is 4.68. The predicted octanol–water partition coefficient (Wildman–Crippen LogP) is 2.62. The highest BCUT2D eigenvalue weighted by Crippen LogP contribution is 2.23. The molecular weight excluding hydrogens is 302 g/mol. The van der Waals surface area contributed by atoms with Crippen LogP contribution in [0, 0.1) is 0 Å². The Kier molecular flexibility index (Phi) is 5.80. The van der Waals surface area contributed by atoms with E-state index in [2.05, 4.69) is 5.32 Å². The molecule has 1 aromatic carbocycles. The number of rotatable bonds is 7. The molecule has 2 rings (SSSR count). The molecule has 6 heteroatoms. The smallest absolute Gasteiger partial charge is 0.251 e. The van der Waals surface area contributed by atoms with E-state index in [1.54, 1.807) is 18.2 Å². The number of thiophene rings is 1. The van der Waals surface area contributed by atoms with E-state index < -0.39 is 6.10 Å². The van der Waals surface area contributed by atoms with Crippen LogP contribution in [-0.2, 0) is 0 Å². The quantitative estimate of drug-likeness (QED) is 0.822. The van der Waals surface area contributed by atoms with Gasteiger partial charge in [0, 0.05) is 23.1 Å². The number of ether oxygens (including phenoxy) is 2. The number of methoxy groups -OCH3 is 2. The zero-order chi connectivity index (χ0) is 15.9. The van der Waals surface area contributed by atoms with Crippen LogP contribution < -0.4 is 14.8 Å². The van der Waals surface area contributed by atoms with E-state index in [1.165, 1.54) is 25.6 Å². The van der Waals surface area contributed by atoms with Crippen LogP contribution in [-0.4, -0.2) is 31.8 Å². The van der Waals surface area contributed by atoms with Gasteiger partial charge in [-0.3, -0.25) is 4.79 Å². The molecule has 0 radical (unpaired) electrons. The number of hydrogen-bond donors (Lipinski definition) is 2. The summed E-state index contributed by atoms with van der Waals surface area (Å²) in [7, 11) is 3.07. The monoisotopic (exact) mass is 321 g/mol. The van der Waals surface area contributed by atoms with Crippen molar-refractivity contribution in [2.75, 3.05) is 20.8 Å². The molecule has 2 aromatic rings. The van der Waals surface area contributed by atoms with Gasteiger partial charge in [0.05, 0.1) is 20.3 Å². The molecular formula is C16H19NO4S. The van der Waals surface area contributed by atoms with Gasteiger partial charge in [-0.25, -0.2) is 0 Å². The van der Waals surface area contributed by atoms with Gasteiger partial charge in [0.25, 0.3) is 5.91 Å². The maximum absolute atomic E-state index is 12.1. The summed E-state index contributed by atoms with van der Waals surface area (Å²) in [5.74, 6) is 0.891. The van der Waals surface area contributed by atoms with E-state index >= 15 is 0 Å². The molecule has 0 saturated heterocycles. The summed E-state index contributed by atoms with van der Waals surface area (Å²) in [4.78, 5) is 13.0. The van der Waals surface area contributed by atoms with Gasteiger partial charge >= 0.3 is 0 Å². The molecule has 2 N–H and O–H groups in total. The lowest BCUT2D eigenvalue weighted by molar-refractivity contribution is 0.0942. The lowest BCUT2D eigenvalue weighted by Gasteiger charge is -2.11. The maximum Gasteiger partial charge on any atom is 0.251 e. The van der Waals surface area contributed by atoms with Gasteiger partial charge in [0.1, 0.15) is 11.5 Å². The van der Waals surface area contributed by atoms with Crippen molar-refractivity contribution in [1.82, 2.24) is 5.32 Å². The second kappa shape index (κ2) is 7.82. The number of hydrogen-bond acceptors (Lipinski definition) is 5. The van der Waals surface area contributed by atoms with Crippen molar-refractivity contribution in [2.45, 2.75) is 12.5 Å². The molecule has 0 fully saturated rings. The van der Waals surface area contributed by atoms with E-state index in [0.29, 0.717) is 30.0 Å². The Hall–Kier alpha value is -2.05. The second-order valence-corrected chi connectivity index (χ2v) is 5.66. The van der Waals surface area contributed by atoms with Crippen LogP contribution in [0.15, 0.2) is 35.7 Å². The van der Waals surface area contributed by atoms with E-state index in [4.69, 9.17) is 9.47 Å². The van der Waals surface area contributed by atoms with Gasteiger partial charge in [-0.05, 0) is 30.0 Å². The number of aliphatic hydroxyl groups is 1. The summed E-state index contributed by atoms with van der Waals surface area (Å²) >= 11 is 1.50. The van der Waals surface area contributed by atoms with Crippen molar-refractivity contribution in [3.63, 3.8) is 0 Å². The van der Waals surface area contributed by atoms with Crippen LogP contribution in [0.2, 0.25) is 0 Å². The minimum absolute atomic E-state index is 0.226. The molecule has 0 aliphatic rings. The predicted molar refractivity (Wildman–Crippen MR) is 85.8 cm³/mol. The molecule has 0 spiro atoms. The van der Waals surface area contributed by atoms with Crippen LogP contribution in [0.3, 0.4) is 0 Å². The first-order valence-electron chi connectivity index (χ1n) is 6.86. The third-order valence-corrected chi connectivity index (χ3v) is 4.16. The molecule has 0 saturated carbocycles. The van der Waals surface area contributed by atoms with Crippen molar-refractivity contribution in [2.24, 2.45) is 0 Å². The minimum Gasteiger partial charge on any atom is -0.497 e. The van der Waals surface area contributed by atoms with Crippen molar-refractivity contribution in [1.29, 1.82) is 0 Å². The zero-order valence-electron chi connectivity index (χ0n) is 12.5. The van der Waals surface area contributed by atoms with E-state index in [0.717, 1.165) is 4.88 Å². The molecule has 0 aliphatic carbocycles. The van der Waals surface area contributed by atoms with Crippen LogP contribution in [0.1, 0.15) is 27.8 Å². The maximum atomic E-state index is 12.1. The summed E-state index contributed by atoms with van der Waals surface area (Å²) in [6, 6.07) is 8.77. The molecule has 0 aliphatic heterocycles. The normalized spacial score (nSPS) is 11.8. The Bertz CT molecular complexity index is 590. The topological polar surface area (TPSA) is 67.8 Å². The fourth-order valence-corrected chi connectivity index (χ4v) is 2.73. The highest BCUT2D eigenvalue weighted by molar-refractivity contribution is 7.10. The molecule has 0 bridgehead atoms. The Morgan fingerprint density at radius 1 is 1.27 bits per heavy atom. The number of benzene rings is 1. The average molecular weight is 321 g/mol. The Morgan fingerprint density at radius 2 is 1.95 bits per heavy atom. The van der Waals surface area contributed by atoms with Crippen LogP contribution in [0.25, 0.3) is 0 Å². The molecule has 22 heavy (non-hydrogen) atoms. The van der Waals surface area contributed by atoms with Crippen molar-refractivity contribution in [3.05, 3.63) is 46.2 Å². The van der Waals surface area contributed by atoms with E-state index in [1.807, 2.05) is 17.5 Å². The standard InChI is InChI=1S/C16H19NO4S/c1-20-12-8-11(9-13(10-12)21-2)16(19)17-6-5-14(18)15-4-3-7-22-15/h3-4,7-10,14,18H,5-6H2,1-2H3,(H,17,19). The molecule has 1 aromatic heterocycles. The van der Waals surface area contributed by atoms with Gasteiger partial charge in [0.2, 0.25) is 0 Å². The molecule has 118 valence electrons. The molecule has 1 amide bonds. The Balaban J connectivity index is 1.92. The van der Waals surface area contributed by atoms with Gasteiger partial charge in [-0.15, -0.1) is 11.3 Å². The number of carbonyl (C=O) groups is 1.